The topological polar surface area (TPSA) is 58.1 Å². The Kier molecular flexibility index (Phi) is 4.13. The predicted molar refractivity (Wildman–Crippen MR) is 103 cm³/mol. The molecule has 6 rings (SSSR count). The van der Waals surface area contributed by atoms with Crippen LogP contribution in [-0.2, 0) is 0 Å². The summed E-state index contributed by atoms with van der Waals surface area (Å²) in [6, 6.07) is 14.8. The molecule has 3 atom stereocenters. The van der Waals surface area contributed by atoms with Gasteiger partial charge in [0.1, 0.15) is 12.1 Å². The molecule has 0 saturated carbocycles. The van der Waals surface area contributed by atoms with Crippen molar-refractivity contribution in [1.82, 2.24) is 20.2 Å². The minimum absolute atomic E-state index is 0.0330. The van der Waals surface area contributed by atoms with Crippen LogP contribution >= 0.6 is 0 Å². The van der Waals surface area contributed by atoms with E-state index in [1.807, 2.05) is 4.90 Å². The predicted octanol–water partition coefficient (Wildman–Crippen LogP) is 2.86. The van der Waals surface area contributed by atoms with Gasteiger partial charge in [-0.3, -0.25) is 4.79 Å². The number of piperidine rings is 1. The molecule has 3 aromatic rings. The van der Waals surface area contributed by atoms with E-state index in [2.05, 4.69) is 39.6 Å². The molecule has 1 amide bonds. The van der Waals surface area contributed by atoms with Crippen LogP contribution in [-0.4, -0.2) is 45.9 Å². The Morgan fingerprint density at radius 1 is 0.929 bits per heavy atom. The molecule has 2 aromatic carbocycles. The number of nitrogens with one attached hydrogen (secondary N) is 1. The number of halogens is 1. The van der Waals surface area contributed by atoms with Gasteiger partial charge in [-0.2, -0.15) is 0 Å². The molecule has 1 N–H and O–H groups in total. The van der Waals surface area contributed by atoms with Gasteiger partial charge in [-0.15, -0.1) is 0 Å². The summed E-state index contributed by atoms with van der Waals surface area (Å²) in [6.45, 7) is 1.32. The number of benzene rings is 2. The third kappa shape index (κ3) is 2.96. The molecule has 1 aromatic heterocycles. The van der Waals surface area contributed by atoms with Crippen molar-refractivity contribution in [3.8, 4) is 11.1 Å². The van der Waals surface area contributed by atoms with E-state index in [9.17, 15) is 9.18 Å². The first kappa shape index (κ1) is 17.0. The zero-order valence-corrected chi connectivity index (χ0v) is 15.1. The third-order valence-corrected chi connectivity index (χ3v) is 5.70. The van der Waals surface area contributed by atoms with Gasteiger partial charge < -0.3 is 10.2 Å². The summed E-state index contributed by atoms with van der Waals surface area (Å²) in [5, 5.41) is 3.55. The summed E-state index contributed by atoms with van der Waals surface area (Å²) in [4.78, 5) is 22.7. The van der Waals surface area contributed by atoms with Gasteiger partial charge in [-0.05, 0) is 35.4 Å². The number of fused-ring (bicyclic) bond motifs is 2. The molecular formula is C22H19FN4O. The summed E-state index contributed by atoms with van der Waals surface area (Å²) in [5.41, 5.74) is 3.91. The molecule has 2 bridgehead atoms. The van der Waals surface area contributed by atoms with Crippen molar-refractivity contribution in [3.63, 3.8) is 0 Å². The van der Waals surface area contributed by atoms with Crippen molar-refractivity contribution >= 4 is 5.91 Å². The zero-order valence-electron chi connectivity index (χ0n) is 15.1. The Balaban J connectivity index is 1.29. The average Bonchev–Trinajstić information content (AvgIpc) is 2.75. The fourth-order valence-corrected chi connectivity index (χ4v) is 4.28. The molecule has 0 aliphatic carbocycles. The van der Waals surface area contributed by atoms with Crippen molar-refractivity contribution in [2.45, 2.75) is 18.0 Å². The number of nitrogens with zero attached hydrogens (tertiary/aromatic N) is 3. The minimum atomic E-state index is -0.328. The first-order valence-corrected chi connectivity index (χ1v) is 9.35. The number of amides is 1. The van der Waals surface area contributed by atoms with Crippen LogP contribution in [0.3, 0.4) is 0 Å². The maximum absolute atomic E-state index is 13.1. The fourth-order valence-electron chi connectivity index (χ4n) is 4.28. The molecule has 140 valence electrons. The smallest absolute Gasteiger partial charge is 0.253 e. The molecule has 0 radical (unpaired) electrons. The van der Waals surface area contributed by atoms with Crippen LogP contribution in [0.25, 0.3) is 11.1 Å². The second kappa shape index (κ2) is 6.80. The average molecular weight is 374 g/mol. The van der Waals surface area contributed by atoms with E-state index in [1.54, 1.807) is 24.5 Å². The summed E-state index contributed by atoms with van der Waals surface area (Å²) >= 11 is 0. The Morgan fingerprint density at radius 2 is 1.57 bits per heavy atom. The van der Waals surface area contributed by atoms with Crippen LogP contribution in [0.5, 0.6) is 0 Å². The molecule has 6 heteroatoms. The number of rotatable bonds is 3. The van der Waals surface area contributed by atoms with E-state index < -0.39 is 0 Å². The van der Waals surface area contributed by atoms with Crippen molar-refractivity contribution < 1.29 is 9.18 Å². The largest absolute Gasteiger partial charge is 0.335 e. The van der Waals surface area contributed by atoms with Gasteiger partial charge in [0.2, 0.25) is 0 Å². The van der Waals surface area contributed by atoms with Crippen LogP contribution < -0.4 is 5.32 Å². The first-order chi connectivity index (χ1) is 13.7. The molecular weight excluding hydrogens is 355 g/mol. The summed E-state index contributed by atoms with van der Waals surface area (Å²) < 4.78 is 13.1. The highest BCUT2D eigenvalue weighted by Crippen LogP contribution is 2.37. The van der Waals surface area contributed by atoms with Crippen LogP contribution in [0.4, 0.5) is 4.39 Å². The molecule has 0 spiro atoms. The number of piperazine rings is 1. The van der Waals surface area contributed by atoms with Crippen molar-refractivity contribution in [2.24, 2.45) is 0 Å². The Bertz CT molecular complexity index is 979. The lowest BCUT2D eigenvalue weighted by molar-refractivity contribution is 0.0367. The number of carbonyl (C=O) groups is 1. The summed E-state index contributed by atoms with van der Waals surface area (Å²) in [5.74, 6) is 0.0398. The Hall–Kier alpha value is -3.12. The normalized spacial score (nSPS) is 23.2. The van der Waals surface area contributed by atoms with Crippen molar-refractivity contribution in [3.05, 3.63) is 84.2 Å². The van der Waals surface area contributed by atoms with Gasteiger partial charge >= 0.3 is 0 Å². The highest BCUT2D eigenvalue weighted by molar-refractivity contribution is 5.94. The summed E-state index contributed by atoms with van der Waals surface area (Å²) in [7, 11) is 0. The number of hydrogen-bond donors (Lipinski definition) is 1. The zero-order chi connectivity index (χ0) is 19.1. The van der Waals surface area contributed by atoms with Gasteiger partial charge in [0.05, 0.1) is 0 Å². The monoisotopic (exact) mass is 374 g/mol. The fraction of sp³-hybridized carbons (Fsp3) is 0.227. The van der Waals surface area contributed by atoms with Crippen molar-refractivity contribution in [2.75, 3.05) is 13.1 Å². The van der Waals surface area contributed by atoms with Crippen LogP contribution in [0.1, 0.15) is 21.8 Å². The van der Waals surface area contributed by atoms with Gasteiger partial charge in [0.15, 0.2) is 0 Å². The molecule has 1 unspecified atom stereocenters. The van der Waals surface area contributed by atoms with Crippen LogP contribution in [0.2, 0.25) is 0 Å². The second-order valence-electron chi connectivity index (χ2n) is 7.37. The van der Waals surface area contributed by atoms with E-state index in [0.717, 1.165) is 11.1 Å². The SMILES string of the molecule is O=C(c1ccc(F)cc1)N1C[C@@H]2N[C@H](C1)C2c1ccc(-c2cncnc2)cc1. The van der Waals surface area contributed by atoms with E-state index in [0.29, 0.717) is 24.6 Å². The molecule has 4 heterocycles. The quantitative estimate of drug-likeness (QED) is 0.766. The number of hydrogen-bond acceptors (Lipinski definition) is 4. The lowest BCUT2D eigenvalue weighted by Crippen LogP contribution is -2.72. The van der Waals surface area contributed by atoms with E-state index in [1.165, 1.54) is 24.0 Å². The molecule has 3 aliphatic rings. The highest BCUT2D eigenvalue weighted by Gasteiger charge is 2.48. The third-order valence-electron chi connectivity index (χ3n) is 5.70. The van der Waals surface area contributed by atoms with Crippen LogP contribution in [0, 0.1) is 5.82 Å². The molecule has 28 heavy (non-hydrogen) atoms. The Labute approximate surface area is 162 Å². The highest BCUT2D eigenvalue weighted by atomic mass is 19.1. The lowest BCUT2D eigenvalue weighted by Gasteiger charge is -2.54. The van der Waals surface area contributed by atoms with Gasteiger partial charge in [0, 0.05) is 54.6 Å². The van der Waals surface area contributed by atoms with Crippen molar-refractivity contribution in [1.29, 1.82) is 0 Å². The first-order valence-electron chi connectivity index (χ1n) is 9.35. The minimum Gasteiger partial charge on any atom is -0.335 e. The molecule has 3 saturated heterocycles. The van der Waals surface area contributed by atoms with Gasteiger partial charge in [-0.1, -0.05) is 24.3 Å². The second-order valence-corrected chi connectivity index (χ2v) is 7.37. The summed E-state index contributed by atoms with van der Waals surface area (Å²) in [6.07, 6.45) is 5.14. The number of aromatic nitrogens is 2. The van der Waals surface area contributed by atoms with E-state index in [-0.39, 0.29) is 23.8 Å². The van der Waals surface area contributed by atoms with E-state index >= 15 is 0 Å². The molecule has 5 nitrogen and oxygen atoms in total. The van der Waals surface area contributed by atoms with Crippen LogP contribution in [0.15, 0.2) is 67.3 Å². The van der Waals surface area contributed by atoms with E-state index in [4.69, 9.17) is 0 Å². The molecule has 3 aliphatic heterocycles. The van der Waals surface area contributed by atoms with Gasteiger partial charge in [-0.25, -0.2) is 14.4 Å². The number of carbonyl (C=O) groups excluding carboxylic acids is 1. The van der Waals surface area contributed by atoms with Gasteiger partial charge in [0.25, 0.3) is 5.91 Å². The lowest BCUT2D eigenvalue weighted by atomic mass is 9.74. The molecule has 3 fully saturated rings. The standard InChI is InChI=1S/C22H19FN4O/c23-18-7-5-16(6-8-18)22(28)27-11-19-21(20(12-27)26-19)15-3-1-14(2-4-15)17-9-24-13-25-10-17/h1-10,13,19-21,26H,11-12H2/t19-,20+,21?. The maximum Gasteiger partial charge on any atom is 0.253 e. The maximum atomic E-state index is 13.1. The Morgan fingerprint density at radius 3 is 2.21 bits per heavy atom.